The Hall–Kier alpha value is -1.64. The molecule has 1 unspecified atom stereocenters. The lowest BCUT2D eigenvalue weighted by molar-refractivity contribution is 0.0497. The van der Waals surface area contributed by atoms with Crippen LogP contribution >= 0.6 is 0 Å². The lowest BCUT2D eigenvalue weighted by atomic mass is 9.84. The van der Waals surface area contributed by atoms with Crippen molar-refractivity contribution in [3.05, 3.63) is 71.8 Å². The van der Waals surface area contributed by atoms with Gasteiger partial charge in [-0.3, -0.25) is 0 Å². The third-order valence-corrected chi connectivity index (χ3v) is 2.85. The van der Waals surface area contributed by atoms with Gasteiger partial charge in [-0.2, -0.15) is 0 Å². The van der Waals surface area contributed by atoms with Crippen LogP contribution in [0.5, 0.6) is 0 Å². The standard InChI is InChI=1S/C15H17NO/c1-15(16,17)14(12-8-4-2-5-9-12)13-10-6-3-7-11-13/h2-11,14,17H,16H2,1H3. The normalized spacial score (nSPS) is 14.6. The van der Waals surface area contributed by atoms with Crippen molar-refractivity contribution < 1.29 is 5.11 Å². The molecule has 17 heavy (non-hydrogen) atoms. The minimum Gasteiger partial charge on any atom is -0.375 e. The zero-order valence-corrected chi connectivity index (χ0v) is 9.88. The lowest BCUT2D eigenvalue weighted by Gasteiger charge is -2.30. The molecule has 88 valence electrons. The first kappa shape index (κ1) is 11.8. The maximum absolute atomic E-state index is 10.2. The molecule has 0 saturated heterocycles. The van der Waals surface area contributed by atoms with Gasteiger partial charge in [-0.25, -0.2) is 0 Å². The predicted octanol–water partition coefficient (Wildman–Crippen LogP) is 2.49. The van der Waals surface area contributed by atoms with E-state index in [9.17, 15) is 5.11 Å². The SMILES string of the molecule is CC(N)(O)C(c1ccccc1)c1ccccc1. The molecule has 2 heteroatoms. The van der Waals surface area contributed by atoms with Crippen LogP contribution in [-0.4, -0.2) is 10.8 Å². The van der Waals surface area contributed by atoms with Crippen molar-refractivity contribution in [1.29, 1.82) is 0 Å². The Morgan fingerprint density at radius 2 is 1.24 bits per heavy atom. The summed E-state index contributed by atoms with van der Waals surface area (Å²) in [6, 6.07) is 19.7. The molecule has 0 spiro atoms. The fourth-order valence-corrected chi connectivity index (χ4v) is 2.16. The first-order chi connectivity index (χ1) is 8.09. The molecule has 0 aliphatic rings. The molecular formula is C15H17NO. The van der Waals surface area contributed by atoms with E-state index >= 15 is 0 Å². The second-order valence-electron chi connectivity index (χ2n) is 4.48. The minimum atomic E-state index is -1.28. The molecule has 2 rings (SSSR count). The highest BCUT2D eigenvalue weighted by atomic mass is 16.3. The summed E-state index contributed by atoms with van der Waals surface area (Å²) >= 11 is 0. The fraction of sp³-hybridized carbons (Fsp3) is 0.200. The summed E-state index contributed by atoms with van der Waals surface area (Å²) in [4.78, 5) is 0. The van der Waals surface area contributed by atoms with E-state index in [0.29, 0.717) is 0 Å². The highest BCUT2D eigenvalue weighted by Gasteiger charge is 2.30. The zero-order chi connectivity index (χ0) is 12.3. The third-order valence-electron chi connectivity index (χ3n) is 2.85. The quantitative estimate of drug-likeness (QED) is 0.791. The van der Waals surface area contributed by atoms with E-state index in [1.54, 1.807) is 6.92 Å². The molecular weight excluding hydrogens is 210 g/mol. The van der Waals surface area contributed by atoms with E-state index in [0.717, 1.165) is 11.1 Å². The number of nitrogens with two attached hydrogens (primary N) is 1. The number of hydrogen-bond acceptors (Lipinski definition) is 2. The molecule has 0 saturated carbocycles. The Balaban J connectivity index is 2.48. The van der Waals surface area contributed by atoms with Gasteiger partial charge in [0, 0.05) is 0 Å². The Bertz CT molecular complexity index is 420. The van der Waals surface area contributed by atoms with Gasteiger partial charge >= 0.3 is 0 Å². The van der Waals surface area contributed by atoms with Crippen LogP contribution in [0.2, 0.25) is 0 Å². The summed E-state index contributed by atoms with van der Waals surface area (Å²) < 4.78 is 0. The molecule has 2 aromatic carbocycles. The maximum Gasteiger partial charge on any atom is 0.121 e. The number of hydrogen-bond donors (Lipinski definition) is 2. The maximum atomic E-state index is 10.2. The van der Waals surface area contributed by atoms with Crippen LogP contribution in [0.4, 0.5) is 0 Å². The molecule has 3 N–H and O–H groups in total. The highest BCUT2D eigenvalue weighted by Crippen LogP contribution is 2.31. The van der Waals surface area contributed by atoms with E-state index in [4.69, 9.17) is 5.73 Å². The van der Waals surface area contributed by atoms with Crippen molar-refractivity contribution in [2.75, 3.05) is 0 Å². The second kappa shape index (κ2) is 4.70. The summed E-state index contributed by atoms with van der Waals surface area (Å²) in [5.41, 5.74) is 6.66. The van der Waals surface area contributed by atoms with Crippen molar-refractivity contribution in [2.24, 2.45) is 5.73 Å². The number of benzene rings is 2. The molecule has 0 aliphatic carbocycles. The summed E-state index contributed by atoms with van der Waals surface area (Å²) in [7, 11) is 0. The highest BCUT2D eigenvalue weighted by molar-refractivity contribution is 5.34. The fourth-order valence-electron chi connectivity index (χ4n) is 2.16. The van der Waals surface area contributed by atoms with Crippen LogP contribution in [0, 0.1) is 0 Å². The van der Waals surface area contributed by atoms with E-state index < -0.39 is 5.72 Å². The molecule has 0 radical (unpaired) electrons. The zero-order valence-electron chi connectivity index (χ0n) is 9.88. The van der Waals surface area contributed by atoms with Gasteiger partial charge in [0.2, 0.25) is 0 Å². The Morgan fingerprint density at radius 1 is 0.882 bits per heavy atom. The second-order valence-corrected chi connectivity index (χ2v) is 4.48. The van der Waals surface area contributed by atoms with E-state index in [2.05, 4.69) is 0 Å². The lowest BCUT2D eigenvalue weighted by Crippen LogP contribution is -2.42. The van der Waals surface area contributed by atoms with Gasteiger partial charge in [-0.1, -0.05) is 60.7 Å². The van der Waals surface area contributed by atoms with Crippen LogP contribution < -0.4 is 5.73 Å². The van der Waals surface area contributed by atoms with Crippen molar-refractivity contribution >= 4 is 0 Å². The van der Waals surface area contributed by atoms with Crippen molar-refractivity contribution in [1.82, 2.24) is 0 Å². The molecule has 0 amide bonds. The summed E-state index contributed by atoms with van der Waals surface area (Å²) in [6.07, 6.45) is 0. The van der Waals surface area contributed by atoms with Gasteiger partial charge < -0.3 is 10.8 Å². The average Bonchev–Trinajstić information content (AvgIpc) is 2.30. The van der Waals surface area contributed by atoms with Crippen LogP contribution in [0.1, 0.15) is 24.0 Å². The molecule has 0 aliphatic heterocycles. The first-order valence-corrected chi connectivity index (χ1v) is 5.70. The Labute approximate surface area is 102 Å². The van der Waals surface area contributed by atoms with Crippen molar-refractivity contribution in [3.8, 4) is 0 Å². The first-order valence-electron chi connectivity index (χ1n) is 5.70. The van der Waals surface area contributed by atoms with Crippen molar-refractivity contribution in [3.63, 3.8) is 0 Å². The molecule has 0 fully saturated rings. The topological polar surface area (TPSA) is 46.2 Å². The van der Waals surface area contributed by atoms with Crippen LogP contribution in [0.25, 0.3) is 0 Å². The molecule has 1 atom stereocenters. The number of rotatable bonds is 3. The van der Waals surface area contributed by atoms with Gasteiger partial charge in [-0.15, -0.1) is 0 Å². The molecule has 2 nitrogen and oxygen atoms in total. The third kappa shape index (κ3) is 2.73. The minimum absolute atomic E-state index is 0.218. The Kier molecular flexibility index (Phi) is 3.27. The monoisotopic (exact) mass is 227 g/mol. The van der Waals surface area contributed by atoms with Gasteiger partial charge in [0.25, 0.3) is 0 Å². The smallest absolute Gasteiger partial charge is 0.121 e. The molecule has 0 aromatic heterocycles. The number of aliphatic hydroxyl groups is 1. The molecule has 0 heterocycles. The van der Waals surface area contributed by atoms with Crippen LogP contribution in [-0.2, 0) is 0 Å². The summed E-state index contributed by atoms with van der Waals surface area (Å²) in [6.45, 7) is 1.64. The largest absolute Gasteiger partial charge is 0.375 e. The molecule has 0 bridgehead atoms. The van der Waals surface area contributed by atoms with Gasteiger partial charge in [-0.05, 0) is 18.1 Å². The van der Waals surface area contributed by atoms with Crippen LogP contribution in [0.15, 0.2) is 60.7 Å². The van der Waals surface area contributed by atoms with Crippen molar-refractivity contribution in [2.45, 2.75) is 18.6 Å². The van der Waals surface area contributed by atoms with Gasteiger partial charge in [0.1, 0.15) is 5.72 Å². The summed E-state index contributed by atoms with van der Waals surface area (Å²) in [5.74, 6) is -0.218. The Morgan fingerprint density at radius 3 is 1.53 bits per heavy atom. The van der Waals surface area contributed by atoms with Gasteiger partial charge in [0.15, 0.2) is 0 Å². The molecule has 2 aromatic rings. The average molecular weight is 227 g/mol. The van der Waals surface area contributed by atoms with E-state index in [1.165, 1.54) is 0 Å². The predicted molar refractivity (Wildman–Crippen MR) is 69.5 cm³/mol. The van der Waals surface area contributed by atoms with E-state index in [1.807, 2.05) is 60.7 Å². The summed E-state index contributed by atoms with van der Waals surface area (Å²) in [5, 5.41) is 10.2. The van der Waals surface area contributed by atoms with Gasteiger partial charge in [0.05, 0.1) is 5.92 Å². The van der Waals surface area contributed by atoms with Crippen LogP contribution in [0.3, 0.4) is 0 Å². The van der Waals surface area contributed by atoms with E-state index in [-0.39, 0.29) is 5.92 Å².